The number of halogens is 2. The van der Waals surface area contributed by atoms with Crippen LogP contribution in [0.25, 0.3) is 0 Å². The van der Waals surface area contributed by atoms with Gasteiger partial charge in [0.15, 0.2) is 0 Å². The van der Waals surface area contributed by atoms with Crippen LogP contribution in [-0.4, -0.2) is 13.1 Å². The second-order valence-electron chi connectivity index (χ2n) is 2.49. The quantitative estimate of drug-likeness (QED) is 0.657. The van der Waals surface area contributed by atoms with Crippen LogP contribution in [0.2, 0.25) is 0 Å². The van der Waals surface area contributed by atoms with Crippen LogP contribution < -0.4 is 0 Å². The molecule has 1 aromatic rings. The van der Waals surface area contributed by atoms with Gasteiger partial charge in [0.05, 0.1) is 13.5 Å². The summed E-state index contributed by atoms with van der Waals surface area (Å²) in [5.74, 6) is -1.77. The number of rotatable bonds is 2. The zero-order valence-electron chi connectivity index (χ0n) is 7.01. The molecular formula is C9H8F2O2. The maximum atomic E-state index is 12.9. The van der Waals surface area contributed by atoms with Crippen molar-refractivity contribution in [3.8, 4) is 0 Å². The molecule has 0 aliphatic carbocycles. The second kappa shape index (κ2) is 3.98. The Morgan fingerprint density at radius 3 is 2.77 bits per heavy atom. The van der Waals surface area contributed by atoms with Crippen LogP contribution in [0.1, 0.15) is 5.56 Å². The third kappa shape index (κ3) is 2.50. The summed E-state index contributed by atoms with van der Waals surface area (Å²) in [5.41, 5.74) is 0.00634. The van der Waals surface area contributed by atoms with E-state index in [1.807, 2.05) is 0 Å². The molecule has 70 valence electrons. The number of carbonyl (C=O) groups is 1. The van der Waals surface area contributed by atoms with Gasteiger partial charge >= 0.3 is 5.97 Å². The van der Waals surface area contributed by atoms with Gasteiger partial charge in [0.2, 0.25) is 0 Å². The summed E-state index contributed by atoms with van der Waals surface area (Å²) in [6, 6.07) is 2.95. The second-order valence-corrected chi connectivity index (χ2v) is 2.49. The molecule has 0 aliphatic rings. The predicted octanol–water partition coefficient (Wildman–Crippen LogP) is 1.68. The fourth-order valence-corrected chi connectivity index (χ4v) is 0.906. The average Bonchev–Trinajstić information content (AvgIpc) is 2.11. The maximum absolute atomic E-state index is 12.9. The first-order valence-electron chi connectivity index (χ1n) is 3.64. The van der Waals surface area contributed by atoms with E-state index in [-0.39, 0.29) is 12.0 Å². The van der Waals surface area contributed by atoms with E-state index in [2.05, 4.69) is 4.74 Å². The topological polar surface area (TPSA) is 26.3 Å². The third-order valence-electron chi connectivity index (χ3n) is 1.57. The fraction of sp³-hybridized carbons (Fsp3) is 0.222. The van der Waals surface area contributed by atoms with Crippen LogP contribution in [0.3, 0.4) is 0 Å². The minimum Gasteiger partial charge on any atom is -0.469 e. The minimum atomic E-state index is -0.605. The Balaban J connectivity index is 2.87. The molecule has 0 amide bonds. The first-order valence-corrected chi connectivity index (χ1v) is 3.64. The van der Waals surface area contributed by atoms with E-state index < -0.39 is 17.6 Å². The van der Waals surface area contributed by atoms with Gasteiger partial charge in [-0.1, -0.05) is 0 Å². The molecule has 0 saturated heterocycles. The van der Waals surface area contributed by atoms with E-state index in [0.717, 1.165) is 18.2 Å². The fourth-order valence-electron chi connectivity index (χ4n) is 0.906. The first kappa shape index (κ1) is 9.64. The first-order chi connectivity index (χ1) is 6.13. The van der Waals surface area contributed by atoms with Gasteiger partial charge in [-0.05, 0) is 18.2 Å². The summed E-state index contributed by atoms with van der Waals surface area (Å²) < 4.78 is 29.8. The number of carbonyl (C=O) groups excluding carboxylic acids is 1. The molecule has 0 heterocycles. The van der Waals surface area contributed by atoms with Gasteiger partial charge in [-0.15, -0.1) is 0 Å². The lowest BCUT2D eigenvalue weighted by molar-refractivity contribution is -0.139. The summed E-state index contributed by atoms with van der Waals surface area (Å²) in [4.78, 5) is 10.7. The summed E-state index contributed by atoms with van der Waals surface area (Å²) in [6.45, 7) is 0. The Hall–Kier alpha value is -1.45. The smallest absolute Gasteiger partial charge is 0.310 e. The van der Waals surface area contributed by atoms with E-state index in [0.29, 0.717) is 0 Å². The van der Waals surface area contributed by atoms with Crippen LogP contribution in [-0.2, 0) is 16.0 Å². The van der Waals surface area contributed by atoms with Crippen molar-refractivity contribution in [3.63, 3.8) is 0 Å². The lowest BCUT2D eigenvalue weighted by Gasteiger charge is -2.01. The van der Waals surface area contributed by atoms with Crippen molar-refractivity contribution >= 4 is 5.97 Å². The summed E-state index contributed by atoms with van der Waals surface area (Å²) in [6.07, 6.45) is -0.250. The SMILES string of the molecule is COC(=O)Cc1cc(F)ccc1F. The third-order valence-corrected chi connectivity index (χ3v) is 1.57. The van der Waals surface area contributed by atoms with Crippen molar-refractivity contribution in [2.75, 3.05) is 7.11 Å². The molecule has 0 unspecified atom stereocenters. The van der Waals surface area contributed by atoms with Crippen molar-refractivity contribution in [2.24, 2.45) is 0 Å². The lowest BCUT2D eigenvalue weighted by atomic mass is 10.1. The van der Waals surface area contributed by atoms with Crippen molar-refractivity contribution in [3.05, 3.63) is 35.4 Å². The van der Waals surface area contributed by atoms with Crippen LogP contribution >= 0.6 is 0 Å². The number of ether oxygens (including phenoxy) is 1. The molecule has 0 aliphatic heterocycles. The zero-order chi connectivity index (χ0) is 9.84. The number of esters is 1. The van der Waals surface area contributed by atoms with Crippen LogP contribution in [0.5, 0.6) is 0 Å². The molecule has 0 saturated carbocycles. The molecule has 1 aromatic carbocycles. The lowest BCUT2D eigenvalue weighted by Crippen LogP contribution is -2.06. The number of benzene rings is 1. The molecular weight excluding hydrogens is 178 g/mol. The molecule has 0 radical (unpaired) electrons. The minimum absolute atomic E-state index is 0.00634. The molecule has 0 fully saturated rings. The van der Waals surface area contributed by atoms with E-state index in [1.54, 1.807) is 0 Å². The van der Waals surface area contributed by atoms with Gasteiger partial charge < -0.3 is 4.74 Å². The van der Waals surface area contributed by atoms with Crippen molar-refractivity contribution in [1.82, 2.24) is 0 Å². The van der Waals surface area contributed by atoms with E-state index in [1.165, 1.54) is 7.11 Å². The number of hydrogen-bond acceptors (Lipinski definition) is 2. The Bertz CT molecular complexity index is 323. The Kier molecular flexibility index (Phi) is 2.95. The Morgan fingerprint density at radius 2 is 2.15 bits per heavy atom. The predicted molar refractivity (Wildman–Crippen MR) is 42.1 cm³/mol. The normalized spacial score (nSPS) is 9.77. The molecule has 0 N–H and O–H groups in total. The van der Waals surface area contributed by atoms with Gasteiger partial charge in [-0.3, -0.25) is 4.79 Å². The van der Waals surface area contributed by atoms with E-state index >= 15 is 0 Å². The van der Waals surface area contributed by atoms with E-state index in [4.69, 9.17) is 0 Å². The zero-order valence-corrected chi connectivity index (χ0v) is 7.01. The van der Waals surface area contributed by atoms with Gasteiger partial charge in [0.25, 0.3) is 0 Å². The summed E-state index contributed by atoms with van der Waals surface area (Å²) >= 11 is 0. The number of methoxy groups -OCH3 is 1. The van der Waals surface area contributed by atoms with Crippen molar-refractivity contribution < 1.29 is 18.3 Å². The Morgan fingerprint density at radius 1 is 1.46 bits per heavy atom. The highest BCUT2D eigenvalue weighted by Gasteiger charge is 2.08. The maximum Gasteiger partial charge on any atom is 0.310 e. The van der Waals surface area contributed by atoms with Crippen LogP contribution in [0.4, 0.5) is 8.78 Å². The summed E-state index contributed by atoms with van der Waals surface area (Å²) in [7, 11) is 1.19. The van der Waals surface area contributed by atoms with Crippen molar-refractivity contribution in [2.45, 2.75) is 6.42 Å². The van der Waals surface area contributed by atoms with Crippen LogP contribution in [0, 0.1) is 11.6 Å². The average molecular weight is 186 g/mol. The Labute approximate surface area is 74.1 Å². The summed E-state index contributed by atoms with van der Waals surface area (Å²) in [5, 5.41) is 0. The van der Waals surface area contributed by atoms with E-state index in [9.17, 15) is 13.6 Å². The molecule has 0 atom stereocenters. The highest BCUT2D eigenvalue weighted by molar-refractivity contribution is 5.72. The monoisotopic (exact) mass is 186 g/mol. The van der Waals surface area contributed by atoms with Crippen molar-refractivity contribution in [1.29, 1.82) is 0 Å². The molecule has 4 heteroatoms. The van der Waals surface area contributed by atoms with Crippen LogP contribution in [0.15, 0.2) is 18.2 Å². The van der Waals surface area contributed by atoms with Gasteiger partial charge in [-0.25, -0.2) is 8.78 Å². The molecule has 0 bridgehead atoms. The standard InChI is InChI=1S/C9H8F2O2/c1-13-9(12)5-6-4-7(10)2-3-8(6)11/h2-4H,5H2,1H3. The van der Waals surface area contributed by atoms with Gasteiger partial charge in [0, 0.05) is 5.56 Å². The van der Waals surface area contributed by atoms with Gasteiger partial charge in [-0.2, -0.15) is 0 Å². The molecule has 0 aromatic heterocycles. The molecule has 13 heavy (non-hydrogen) atoms. The largest absolute Gasteiger partial charge is 0.469 e. The molecule has 0 spiro atoms. The number of hydrogen-bond donors (Lipinski definition) is 0. The molecule has 1 rings (SSSR count). The highest BCUT2D eigenvalue weighted by atomic mass is 19.1. The van der Waals surface area contributed by atoms with Gasteiger partial charge in [0.1, 0.15) is 11.6 Å². The molecule has 2 nitrogen and oxygen atoms in total. The highest BCUT2D eigenvalue weighted by Crippen LogP contribution is 2.10.